The highest BCUT2D eigenvalue weighted by Gasteiger charge is 2.32. The summed E-state index contributed by atoms with van der Waals surface area (Å²) in [6.45, 7) is 3.83. The molecule has 0 bridgehead atoms. The Bertz CT molecular complexity index is 913. The fourth-order valence-electron chi connectivity index (χ4n) is 3.69. The van der Waals surface area contributed by atoms with Crippen molar-refractivity contribution in [2.45, 2.75) is 44.8 Å². The first-order valence-electron chi connectivity index (χ1n) is 8.95. The molecule has 6 nitrogen and oxygen atoms in total. The van der Waals surface area contributed by atoms with Crippen LogP contribution in [0.15, 0.2) is 24.3 Å². The van der Waals surface area contributed by atoms with Crippen LogP contribution in [0, 0.1) is 0 Å². The van der Waals surface area contributed by atoms with Crippen LogP contribution in [-0.4, -0.2) is 38.5 Å². The van der Waals surface area contributed by atoms with Crippen molar-refractivity contribution in [2.24, 2.45) is 0 Å². The van der Waals surface area contributed by atoms with Crippen molar-refractivity contribution in [1.29, 1.82) is 0 Å². The quantitative estimate of drug-likeness (QED) is 0.762. The Morgan fingerprint density at radius 1 is 1.24 bits per heavy atom. The summed E-state index contributed by atoms with van der Waals surface area (Å²) in [6.07, 6.45) is 3.10. The van der Waals surface area contributed by atoms with Crippen molar-refractivity contribution in [1.82, 2.24) is 14.5 Å². The molecule has 0 aliphatic carbocycles. The molecule has 25 heavy (non-hydrogen) atoms. The van der Waals surface area contributed by atoms with Crippen LogP contribution < -0.4 is 5.73 Å². The van der Waals surface area contributed by atoms with E-state index in [1.54, 1.807) is 0 Å². The van der Waals surface area contributed by atoms with E-state index in [0.717, 1.165) is 40.6 Å². The lowest BCUT2D eigenvalue weighted by molar-refractivity contribution is -0.0725. The minimum Gasteiger partial charge on any atom is -0.388 e. The molecule has 0 spiro atoms. The van der Waals surface area contributed by atoms with Crippen molar-refractivity contribution in [3.05, 3.63) is 30.1 Å². The summed E-state index contributed by atoms with van der Waals surface area (Å²) in [5.74, 6) is 1.41. The molecule has 0 radical (unpaired) electrons. The Morgan fingerprint density at radius 3 is 2.76 bits per heavy atom. The topological polar surface area (TPSA) is 86.2 Å². The van der Waals surface area contributed by atoms with Gasteiger partial charge in [0.05, 0.1) is 23.2 Å². The fourth-order valence-corrected chi connectivity index (χ4v) is 3.69. The standard InChI is InChI=1S/C19H24N4O2/c1-2-5-15-22-16-17(13-6-3-4-7-14(13)21-18(16)20)23(15)12-19(24)8-10-25-11-9-19/h3-4,6-7,24H,2,5,8-12H2,1H3,(H2,20,21). The highest BCUT2D eigenvalue weighted by Crippen LogP contribution is 2.32. The van der Waals surface area contributed by atoms with Crippen LogP contribution >= 0.6 is 0 Å². The Labute approximate surface area is 146 Å². The smallest absolute Gasteiger partial charge is 0.152 e. The van der Waals surface area contributed by atoms with E-state index < -0.39 is 5.60 Å². The second kappa shape index (κ2) is 6.28. The summed E-state index contributed by atoms with van der Waals surface area (Å²) < 4.78 is 7.58. The van der Waals surface area contributed by atoms with E-state index in [1.807, 2.05) is 24.3 Å². The van der Waals surface area contributed by atoms with E-state index >= 15 is 0 Å². The van der Waals surface area contributed by atoms with E-state index in [4.69, 9.17) is 15.5 Å². The molecule has 0 saturated carbocycles. The minimum absolute atomic E-state index is 0.448. The molecule has 2 aromatic heterocycles. The van der Waals surface area contributed by atoms with Gasteiger partial charge in [0.2, 0.25) is 0 Å². The van der Waals surface area contributed by atoms with Gasteiger partial charge in [-0.1, -0.05) is 25.1 Å². The first-order valence-corrected chi connectivity index (χ1v) is 8.95. The number of para-hydroxylation sites is 1. The van der Waals surface area contributed by atoms with Crippen molar-refractivity contribution < 1.29 is 9.84 Å². The summed E-state index contributed by atoms with van der Waals surface area (Å²) >= 11 is 0. The Balaban J connectivity index is 1.94. The molecule has 1 aliphatic rings. The third-order valence-corrected chi connectivity index (χ3v) is 5.04. The Morgan fingerprint density at radius 2 is 2.00 bits per heavy atom. The molecule has 132 valence electrons. The monoisotopic (exact) mass is 340 g/mol. The fraction of sp³-hybridized carbons (Fsp3) is 0.474. The van der Waals surface area contributed by atoms with Crippen LogP contribution in [0.2, 0.25) is 0 Å². The number of ether oxygens (including phenoxy) is 1. The van der Waals surface area contributed by atoms with Crippen LogP contribution in [0.1, 0.15) is 32.0 Å². The van der Waals surface area contributed by atoms with Crippen LogP contribution in [0.3, 0.4) is 0 Å². The zero-order valence-electron chi connectivity index (χ0n) is 14.5. The number of pyridine rings is 1. The molecule has 4 rings (SSSR count). The number of anilines is 1. The average Bonchev–Trinajstić information content (AvgIpc) is 2.95. The number of aryl methyl sites for hydroxylation is 1. The second-order valence-electron chi connectivity index (χ2n) is 6.91. The van der Waals surface area contributed by atoms with E-state index in [0.29, 0.717) is 38.4 Å². The van der Waals surface area contributed by atoms with Gasteiger partial charge in [0.15, 0.2) is 5.82 Å². The van der Waals surface area contributed by atoms with Gasteiger partial charge in [-0.05, 0) is 12.5 Å². The summed E-state index contributed by atoms with van der Waals surface area (Å²) in [5, 5.41) is 12.1. The first-order chi connectivity index (χ1) is 12.1. The highest BCUT2D eigenvalue weighted by atomic mass is 16.5. The maximum absolute atomic E-state index is 11.1. The van der Waals surface area contributed by atoms with Gasteiger partial charge in [-0.3, -0.25) is 0 Å². The van der Waals surface area contributed by atoms with Crippen molar-refractivity contribution in [3.8, 4) is 0 Å². The van der Waals surface area contributed by atoms with E-state index in [-0.39, 0.29) is 0 Å². The van der Waals surface area contributed by atoms with Crippen molar-refractivity contribution in [3.63, 3.8) is 0 Å². The molecular formula is C19H24N4O2. The summed E-state index contributed by atoms with van der Waals surface area (Å²) in [6, 6.07) is 7.97. The number of rotatable bonds is 4. The van der Waals surface area contributed by atoms with Crippen LogP contribution in [0.25, 0.3) is 21.9 Å². The molecule has 1 aromatic carbocycles. The zero-order chi connectivity index (χ0) is 17.4. The van der Waals surface area contributed by atoms with Crippen LogP contribution in [0.5, 0.6) is 0 Å². The number of nitrogens with two attached hydrogens (primary N) is 1. The molecule has 1 aliphatic heterocycles. The highest BCUT2D eigenvalue weighted by molar-refractivity contribution is 6.06. The third-order valence-electron chi connectivity index (χ3n) is 5.04. The number of hydrogen-bond acceptors (Lipinski definition) is 5. The van der Waals surface area contributed by atoms with Gasteiger partial charge in [-0.2, -0.15) is 0 Å². The zero-order valence-corrected chi connectivity index (χ0v) is 14.5. The van der Waals surface area contributed by atoms with Crippen LogP contribution in [0.4, 0.5) is 5.82 Å². The molecule has 1 saturated heterocycles. The van der Waals surface area contributed by atoms with Gasteiger partial charge in [0.1, 0.15) is 11.3 Å². The number of nitrogens with zero attached hydrogens (tertiary/aromatic N) is 3. The lowest BCUT2D eigenvalue weighted by atomic mass is 9.94. The SMILES string of the molecule is CCCc1nc2c(N)nc3ccccc3c2n1CC1(O)CCOCC1. The molecule has 3 heterocycles. The van der Waals surface area contributed by atoms with Gasteiger partial charge in [0.25, 0.3) is 0 Å². The number of hydrogen-bond donors (Lipinski definition) is 2. The molecule has 0 unspecified atom stereocenters. The molecular weight excluding hydrogens is 316 g/mol. The van der Waals surface area contributed by atoms with Crippen molar-refractivity contribution >= 4 is 27.8 Å². The maximum atomic E-state index is 11.1. The van der Waals surface area contributed by atoms with Crippen molar-refractivity contribution in [2.75, 3.05) is 18.9 Å². The molecule has 0 atom stereocenters. The molecule has 1 fully saturated rings. The normalized spacial score (nSPS) is 17.4. The van der Waals surface area contributed by atoms with Gasteiger partial charge in [-0.25, -0.2) is 9.97 Å². The lowest BCUT2D eigenvalue weighted by Crippen LogP contribution is -2.40. The number of benzene rings is 1. The Kier molecular flexibility index (Phi) is 4.09. The third kappa shape index (κ3) is 2.85. The first kappa shape index (κ1) is 16.3. The predicted molar refractivity (Wildman–Crippen MR) is 98.4 cm³/mol. The van der Waals surface area contributed by atoms with Gasteiger partial charge >= 0.3 is 0 Å². The number of imidazole rings is 1. The largest absolute Gasteiger partial charge is 0.388 e. The van der Waals surface area contributed by atoms with E-state index in [1.165, 1.54) is 0 Å². The van der Waals surface area contributed by atoms with E-state index in [2.05, 4.69) is 16.5 Å². The number of fused-ring (bicyclic) bond motifs is 3. The number of aromatic nitrogens is 3. The number of aliphatic hydroxyl groups is 1. The molecule has 3 aromatic rings. The summed E-state index contributed by atoms with van der Waals surface area (Å²) in [7, 11) is 0. The molecule has 0 amide bonds. The average molecular weight is 340 g/mol. The number of nitrogen functional groups attached to an aromatic ring is 1. The molecule has 6 heteroatoms. The van der Waals surface area contributed by atoms with Gasteiger partial charge < -0.3 is 20.1 Å². The lowest BCUT2D eigenvalue weighted by Gasteiger charge is -2.33. The minimum atomic E-state index is -0.770. The van der Waals surface area contributed by atoms with Gasteiger partial charge in [0, 0.05) is 37.9 Å². The summed E-state index contributed by atoms with van der Waals surface area (Å²) in [4.78, 5) is 9.28. The second-order valence-corrected chi connectivity index (χ2v) is 6.91. The van der Waals surface area contributed by atoms with Gasteiger partial charge in [-0.15, -0.1) is 0 Å². The summed E-state index contributed by atoms with van der Waals surface area (Å²) in [5.41, 5.74) is 8.00. The maximum Gasteiger partial charge on any atom is 0.152 e. The van der Waals surface area contributed by atoms with E-state index in [9.17, 15) is 5.11 Å². The molecule has 3 N–H and O–H groups in total. The Hall–Kier alpha value is -2.18. The van der Waals surface area contributed by atoms with Crippen LogP contribution in [-0.2, 0) is 17.7 Å². The predicted octanol–water partition coefficient (Wildman–Crippen LogP) is 2.66.